The Morgan fingerprint density at radius 2 is 2.38 bits per heavy atom. The van der Waals surface area contributed by atoms with Crippen LogP contribution in [-0.2, 0) is 24.5 Å². The van der Waals surface area contributed by atoms with Gasteiger partial charge in [-0.05, 0) is 13.8 Å². The molecule has 0 amide bonds. The first kappa shape index (κ1) is 8.72. The lowest BCUT2D eigenvalue weighted by Crippen LogP contribution is -2.37. The molecule has 2 N–H and O–H groups in total. The summed E-state index contributed by atoms with van der Waals surface area (Å²) in [4.78, 5) is 4.26. The summed E-state index contributed by atoms with van der Waals surface area (Å²) in [6.45, 7) is 6.13. The van der Waals surface area contributed by atoms with Gasteiger partial charge in [0.1, 0.15) is 0 Å². The van der Waals surface area contributed by atoms with E-state index in [1.807, 2.05) is 20.2 Å². The van der Waals surface area contributed by atoms with Gasteiger partial charge in [0, 0.05) is 12.1 Å². The fourth-order valence-corrected chi connectivity index (χ4v) is 1.56. The number of fused-ring (bicyclic) bond motifs is 1. The smallest absolute Gasteiger partial charge is 0.0954 e. The predicted molar refractivity (Wildman–Crippen MR) is 49.0 cm³/mol. The van der Waals surface area contributed by atoms with E-state index in [9.17, 15) is 0 Å². The van der Waals surface area contributed by atoms with Crippen LogP contribution in [0, 0.1) is 0 Å². The van der Waals surface area contributed by atoms with Crippen molar-refractivity contribution in [2.75, 3.05) is 0 Å². The van der Waals surface area contributed by atoms with Crippen molar-refractivity contribution >= 4 is 0 Å². The minimum Gasteiger partial charge on any atom is -0.369 e. The van der Waals surface area contributed by atoms with Gasteiger partial charge in [-0.3, -0.25) is 0 Å². The van der Waals surface area contributed by atoms with Gasteiger partial charge < -0.3 is 15.0 Å². The SMILES string of the molecule is CC(C)(N)Cn1cnc2c1COC2. The first-order valence-electron chi connectivity index (χ1n) is 4.46. The lowest BCUT2D eigenvalue weighted by Gasteiger charge is -2.19. The molecular formula is C9H15N3O. The monoisotopic (exact) mass is 181 g/mol. The van der Waals surface area contributed by atoms with Crippen LogP contribution in [0.2, 0.25) is 0 Å². The maximum atomic E-state index is 5.93. The van der Waals surface area contributed by atoms with Crippen molar-refractivity contribution in [3.8, 4) is 0 Å². The Balaban J connectivity index is 2.22. The van der Waals surface area contributed by atoms with E-state index < -0.39 is 0 Å². The van der Waals surface area contributed by atoms with Gasteiger partial charge in [0.15, 0.2) is 0 Å². The summed E-state index contributed by atoms with van der Waals surface area (Å²) < 4.78 is 7.37. The number of nitrogens with two attached hydrogens (primary N) is 1. The standard InChI is InChI=1S/C9H15N3O/c1-9(2,10)5-12-6-11-7-3-13-4-8(7)12/h6H,3-5,10H2,1-2H3. The van der Waals surface area contributed by atoms with Crippen LogP contribution in [0.25, 0.3) is 0 Å². The normalized spacial score (nSPS) is 16.2. The molecule has 2 heterocycles. The number of rotatable bonds is 2. The highest BCUT2D eigenvalue weighted by Gasteiger charge is 2.20. The predicted octanol–water partition coefficient (Wildman–Crippen LogP) is 0.651. The molecule has 0 atom stereocenters. The van der Waals surface area contributed by atoms with Gasteiger partial charge in [-0.15, -0.1) is 0 Å². The molecule has 0 saturated carbocycles. The fraction of sp³-hybridized carbons (Fsp3) is 0.667. The summed E-state index contributed by atoms with van der Waals surface area (Å²) in [5.41, 5.74) is 7.97. The second-order valence-corrected chi connectivity index (χ2v) is 4.25. The van der Waals surface area contributed by atoms with Crippen LogP contribution < -0.4 is 5.73 Å². The number of imidazole rings is 1. The number of aromatic nitrogens is 2. The highest BCUT2D eigenvalue weighted by Crippen LogP contribution is 2.19. The van der Waals surface area contributed by atoms with Crippen molar-refractivity contribution in [1.82, 2.24) is 9.55 Å². The molecule has 1 aromatic heterocycles. The average Bonchev–Trinajstić information content (AvgIpc) is 2.50. The second-order valence-electron chi connectivity index (χ2n) is 4.25. The quantitative estimate of drug-likeness (QED) is 0.728. The molecule has 72 valence electrons. The molecule has 1 aliphatic heterocycles. The van der Waals surface area contributed by atoms with Gasteiger partial charge >= 0.3 is 0 Å². The molecule has 0 unspecified atom stereocenters. The maximum absolute atomic E-state index is 5.93. The van der Waals surface area contributed by atoms with Crippen LogP contribution in [0.1, 0.15) is 25.2 Å². The molecule has 1 aromatic rings. The van der Waals surface area contributed by atoms with Crippen molar-refractivity contribution < 1.29 is 4.74 Å². The Morgan fingerprint density at radius 1 is 1.62 bits per heavy atom. The van der Waals surface area contributed by atoms with E-state index in [-0.39, 0.29) is 5.54 Å². The first-order chi connectivity index (χ1) is 6.06. The highest BCUT2D eigenvalue weighted by molar-refractivity contribution is 5.14. The van der Waals surface area contributed by atoms with Crippen LogP contribution in [0.15, 0.2) is 6.33 Å². The molecule has 0 bridgehead atoms. The van der Waals surface area contributed by atoms with E-state index in [2.05, 4.69) is 9.55 Å². The van der Waals surface area contributed by atoms with Crippen LogP contribution in [-0.4, -0.2) is 15.1 Å². The molecule has 0 saturated heterocycles. The van der Waals surface area contributed by atoms with Gasteiger partial charge in [0.25, 0.3) is 0 Å². The topological polar surface area (TPSA) is 53.1 Å². The largest absolute Gasteiger partial charge is 0.369 e. The Bertz CT molecular complexity index is 311. The lowest BCUT2D eigenvalue weighted by molar-refractivity contribution is 0.128. The molecule has 4 nitrogen and oxygen atoms in total. The van der Waals surface area contributed by atoms with E-state index in [1.54, 1.807) is 0 Å². The summed E-state index contributed by atoms with van der Waals surface area (Å²) in [7, 11) is 0. The number of ether oxygens (including phenoxy) is 1. The second kappa shape index (κ2) is 2.82. The van der Waals surface area contributed by atoms with Gasteiger partial charge in [-0.2, -0.15) is 0 Å². The third kappa shape index (κ3) is 1.73. The average molecular weight is 181 g/mol. The van der Waals surface area contributed by atoms with E-state index in [0.29, 0.717) is 13.2 Å². The van der Waals surface area contributed by atoms with Crippen LogP contribution >= 0.6 is 0 Å². The third-order valence-corrected chi connectivity index (χ3v) is 2.09. The molecule has 0 radical (unpaired) electrons. The summed E-state index contributed by atoms with van der Waals surface area (Å²) in [6, 6.07) is 0. The Kier molecular flexibility index (Phi) is 1.89. The zero-order valence-corrected chi connectivity index (χ0v) is 8.08. The van der Waals surface area contributed by atoms with Crippen molar-refractivity contribution in [1.29, 1.82) is 0 Å². The molecule has 4 heteroatoms. The van der Waals surface area contributed by atoms with Gasteiger partial charge in [0.2, 0.25) is 0 Å². The molecule has 0 aromatic carbocycles. The summed E-state index contributed by atoms with van der Waals surface area (Å²) in [5, 5.41) is 0. The Hall–Kier alpha value is -0.870. The van der Waals surface area contributed by atoms with Crippen molar-refractivity contribution in [3.63, 3.8) is 0 Å². The summed E-state index contributed by atoms with van der Waals surface area (Å²) in [5.74, 6) is 0. The molecule has 0 aliphatic carbocycles. The van der Waals surface area contributed by atoms with E-state index >= 15 is 0 Å². The van der Waals surface area contributed by atoms with Crippen molar-refractivity contribution in [2.24, 2.45) is 5.73 Å². The minimum absolute atomic E-state index is 0.197. The lowest BCUT2D eigenvalue weighted by atomic mass is 10.1. The van der Waals surface area contributed by atoms with Gasteiger partial charge in [-0.1, -0.05) is 0 Å². The molecule has 1 aliphatic rings. The van der Waals surface area contributed by atoms with E-state index in [4.69, 9.17) is 10.5 Å². The molecule has 2 rings (SSSR count). The van der Waals surface area contributed by atoms with Crippen LogP contribution in [0.3, 0.4) is 0 Å². The van der Waals surface area contributed by atoms with Crippen molar-refractivity contribution in [3.05, 3.63) is 17.7 Å². The zero-order chi connectivity index (χ0) is 9.47. The first-order valence-corrected chi connectivity index (χ1v) is 4.46. The number of hydrogen-bond acceptors (Lipinski definition) is 3. The Labute approximate surface area is 77.7 Å². The van der Waals surface area contributed by atoms with E-state index in [0.717, 1.165) is 12.2 Å². The van der Waals surface area contributed by atoms with E-state index in [1.165, 1.54) is 5.69 Å². The van der Waals surface area contributed by atoms with Crippen molar-refractivity contribution in [2.45, 2.75) is 39.1 Å². The molecular weight excluding hydrogens is 166 g/mol. The number of hydrogen-bond donors (Lipinski definition) is 1. The Morgan fingerprint density at radius 3 is 3.08 bits per heavy atom. The number of nitrogens with zero attached hydrogens (tertiary/aromatic N) is 2. The highest BCUT2D eigenvalue weighted by atomic mass is 16.5. The van der Waals surface area contributed by atoms with Gasteiger partial charge in [0.05, 0.1) is 30.9 Å². The zero-order valence-electron chi connectivity index (χ0n) is 8.08. The van der Waals surface area contributed by atoms with Gasteiger partial charge in [-0.25, -0.2) is 4.98 Å². The molecule has 0 fully saturated rings. The summed E-state index contributed by atoms with van der Waals surface area (Å²) >= 11 is 0. The minimum atomic E-state index is -0.197. The molecule has 0 spiro atoms. The van der Waals surface area contributed by atoms with Crippen LogP contribution in [0.5, 0.6) is 0 Å². The third-order valence-electron chi connectivity index (χ3n) is 2.09. The maximum Gasteiger partial charge on any atom is 0.0954 e. The fourth-order valence-electron chi connectivity index (χ4n) is 1.56. The summed E-state index contributed by atoms with van der Waals surface area (Å²) in [6.07, 6.45) is 1.85. The molecule has 13 heavy (non-hydrogen) atoms. The van der Waals surface area contributed by atoms with Crippen LogP contribution in [0.4, 0.5) is 0 Å².